The molecular weight excluding hydrogens is 272 g/mol. The maximum Gasteiger partial charge on any atom is 0.265 e. The summed E-state index contributed by atoms with van der Waals surface area (Å²) in [6, 6.07) is 20.3. The van der Waals surface area contributed by atoms with Crippen LogP contribution in [0.25, 0.3) is 0 Å². The van der Waals surface area contributed by atoms with Crippen LogP contribution in [-0.2, 0) is 0 Å². The van der Waals surface area contributed by atoms with Crippen molar-refractivity contribution >= 4 is 5.91 Å². The number of nitrogens with one attached hydrogen (secondary N) is 2. The average Bonchev–Trinajstić information content (AvgIpc) is 2.61. The minimum Gasteiger partial charge on any atom is -0.287 e. The predicted molar refractivity (Wildman–Crippen MR) is 88.5 cm³/mol. The average molecular weight is 294 g/mol. The summed E-state index contributed by atoms with van der Waals surface area (Å²) in [6.07, 6.45) is 4.60. The van der Waals surface area contributed by atoms with Gasteiger partial charge in [0.1, 0.15) is 0 Å². The standard InChI is InChI=1S/C19H22N2O/c22-19(16-10-5-2-6-11-16)21-20-18-13-7-12-17(14-18)15-8-3-1-4-9-15/h1-6,8-11,17-18,20H,7,12-14H2,(H,21,22)/t17-,18+/m0/s1. The highest BCUT2D eigenvalue weighted by atomic mass is 16.2. The van der Waals surface area contributed by atoms with Crippen LogP contribution >= 0.6 is 0 Å². The molecule has 2 atom stereocenters. The van der Waals surface area contributed by atoms with Crippen molar-refractivity contribution in [1.82, 2.24) is 10.9 Å². The molecule has 0 unspecified atom stereocenters. The van der Waals surface area contributed by atoms with Crippen LogP contribution in [0.4, 0.5) is 0 Å². The van der Waals surface area contributed by atoms with Crippen LogP contribution in [0.3, 0.4) is 0 Å². The van der Waals surface area contributed by atoms with Crippen LogP contribution in [0, 0.1) is 0 Å². The fourth-order valence-electron chi connectivity index (χ4n) is 3.18. The molecule has 0 bridgehead atoms. The largest absolute Gasteiger partial charge is 0.287 e. The SMILES string of the molecule is O=C(NN[C@@H]1CCC[C@H](c2ccccc2)C1)c1ccccc1. The first-order chi connectivity index (χ1) is 10.8. The van der Waals surface area contributed by atoms with Crippen molar-refractivity contribution in [2.75, 3.05) is 0 Å². The van der Waals surface area contributed by atoms with Crippen LogP contribution in [-0.4, -0.2) is 11.9 Å². The van der Waals surface area contributed by atoms with E-state index < -0.39 is 0 Å². The van der Waals surface area contributed by atoms with Gasteiger partial charge in [0.2, 0.25) is 0 Å². The Morgan fingerprint density at radius 2 is 1.59 bits per heavy atom. The number of hydrazine groups is 1. The highest BCUT2D eigenvalue weighted by Gasteiger charge is 2.23. The van der Waals surface area contributed by atoms with Gasteiger partial charge in [-0.15, -0.1) is 0 Å². The van der Waals surface area contributed by atoms with Gasteiger partial charge < -0.3 is 0 Å². The van der Waals surface area contributed by atoms with Crippen molar-refractivity contribution < 1.29 is 4.79 Å². The molecule has 2 aromatic rings. The van der Waals surface area contributed by atoms with Crippen molar-refractivity contribution in [2.24, 2.45) is 0 Å². The van der Waals surface area contributed by atoms with Crippen molar-refractivity contribution in [3.05, 3.63) is 71.8 Å². The van der Waals surface area contributed by atoms with Gasteiger partial charge in [-0.3, -0.25) is 10.2 Å². The molecule has 1 aliphatic rings. The molecule has 0 heterocycles. The van der Waals surface area contributed by atoms with E-state index in [4.69, 9.17) is 0 Å². The summed E-state index contributed by atoms with van der Waals surface area (Å²) in [5.41, 5.74) is 8.16. The second kappa shape index (κ2) is 7.23. The summed E-state index contributed by atoms with van der Waals surface area (Å²) in [7, 11) is 0. The highest BCUT2D eigenvalue weighted by Crippen LogP contribution is 2.32. The van der Waals surface area contributed by atoms with E-state index in [9.17, 15) is 4.79 Å². The Labute approximate surface area is 131 Å². The van der Waals surface area contributed by atoms with Gasteiger partial charge in [-0.25, -0.2) is 5.43 Å². The smallest absolute Gasteiger partial charge is 0.265 e. The molecule has 1 amide bonds. The quantitative estimate of drug-likeness (QED) is 0.845. The van der Waals surface area contributed by atoms with Crippen LogP contribution in [0.1, 0.15) is 47.5 Å². The minimum absolute atomic E-state index is 0.0672. The lowest BCUT2D eigenvalue weighted by Gasteiger charge is -2.30. The zero-order valence-corrected chi connectivity index (χ0v) is 12.7. The van der Waals surface area contributed by atoms with E-state index in [-0.39, 0.29) is 5.91 Å². The van der Waals surface area contributed by atoms with E-state index in [0.717, 1.165) is 12.8 Å². The van der Waals surface area contributed by atoms with Crippen LogP contribution in [0.5, 0.6) is 0 Å². The molecule has 1 aliphatic carbocycles. The number of amides is 1. The molecule has 3 heteroatoms. The maximum atomic E-state index is 12.1. The third kappa shape index (κ3) is 3.74. The zero-order valence-electron chi connectivity index (χ0n) is 12.7. The van der Waals surface area contributed by atoms with Crippen molar-refractivity contribution in [3.63, 3.8) is 0 Å². The normalized spacial score (nSPS) is 21.3. The lowest BCUT2D eigenvalue weighted by molar-refractivity contribution is 0.0918. The Morgan fingerprint density at radius 3 is 2.32 bits per heavy atom. The molecule has 2 N–H and O–H groups in total. The summed E-state index contributed by atoms with van der Waals surface area (Å²) in [4.78, 5) is 12.1. The Bertz CT molecular complexity index is 597. The summed E-state index contributed by atoms with van der Waals surface area (Å²) in [6.45, 7) is 0. The second-order valence-electron chi connectivity index (χ2n) is 5.94. The predicted octanol–water partition coefficient (Wildman–Crippen LogP) is 3.65. The summed E-state index contributed by atoms with van der Waals surface area (Å²) in [5.74, 6) is 0.517. The number of hydrogen-bond donors (Lipinski definition) is 2. The molecule has 0 aliphatic heterocycles. The van der Waals surface area contributed by atoms with Gasteiger partial charge in [-0.1, -0.05) is 55.0 Å². The van der Waals surface area contributed by atoms with E-state index >= 15 is 0 Å². The zero-order chi connectivity index (χ0) is 15.2. The van der Waals surface area contributed by atoms with Gasteiger partial charge >= 0.3 is 0 Å². The van der Waals surface area contributed by atoms with Gasteiger partial charge in [0.15, 0.2) is 0 Å². The molecule has 0 saturated heterocycles. The first-order valence-corrected chi connectivity index (χ1v) is 7.99. The van der Waals surface area contributed by atoms with E-state index in [1.807, 2.05) is 30.3 Å². The Kier molecular flexibility index (Phi) is 4.86. The fourth-order valence-corrected chi connectivity index (χ4v) is 3.18. The van der Waals surface area contributed by atoms with Gasteiger partial charge in [-0.2, -0.15) is 0 Å². The molecular formula is C19H22N2O. The molecule has 1 saturated carbocycles. The van der Waals surface area contributed by atoms with Gasteiger partial charge in [0.05, 0.1) is 0 Å². The minimum atomic E-state index is -0.0672. The Balaban J connectivity index is 1.54. The van der Waals surface area contributed by atoms with Crippen molar-refractivity contribution in [2.45, 2.75) is 37.6 Å². The van der Waals surface area contributed by atoms with Crippen LogP contribution in [0.2, 0.25) is 0 Å². The Hall–Kier alpha value is -2.13. The van der Waals surface area contributed by atoms with Gasteiger partial charge in [0.25, 0.3) is 5.91 Å². The summed E-state index contributed by atoms with van der Waals surface area (Å²) >= 11 is 0. The molecule has 3 nitrogen and oxygen atoms in total. The van der Waals surface area contributed by atoms with E-state index in [1.165, 1.54) is 18.4 Å². The molecule has 1 fully saturated rings. The summed E-state index contributed by atoms with van der Waals surface area (Å²) in [5, 5.41) is 0. The number of benzene rings is 2. The van der Waals surface area contributed by atoms with Crippen LogP contribution in [0.15, 0.2) is 60.7 Å². The van der Waals surface area contributed by atoms with Crippen LogP contribution < -0.4 is 10.9 Å². The first kappa shape index (κ1) is 14.8. The highest BCUT2D eigenvalue weighted by molar-refractivity contribution is 5.93. The molecule has 22 heavy (non-hydrogen) atoms. The van der Waals surface area contributed by atoms with E-state index in [2.05, 4.69) is 41.2 Å². The molecule has 3 rings (SSSR count). The van der Waals surface area contributed by atoms with Crippen molar-refractivity contribution in [3.8, 4) is 0 Å². The molecule has 2 aromatic carbocycles. The molecule has 0 radical (unpaired) electrons. The third-order valence-corrected chi connectivity index (χ3v) is 4.37. The summed E-state index contributed by atoms with van der Waals surface area (Å²) < 4.78 is 0. The van der Waals surface area contributed by atoms with Crippen molar-refractivity contribution in [1.29, 1.82) is 0 Å². The molecule has 114 valence electrons. The first-order valence-electron chi connectivity index (χ1n) is 7.99. The maximum absolute atomic E-state index is 12.1. The molecule has 0 spiro atoms. The lowest BCUT2D eigenvalue weighted by Crippen LogP contribution is -2.46. The number of carbonyl (C=O) groups is 1. The second-order valence-corrected chi connectivity index (χ2v) is 5.94. The topological polar surface area (TPSA) is 41.1 Å². The van der Waals surface area contributed by atoms with E-state index in [1.54, 1.807) is 0 Å². The lowest BCUT2D eigenvalue weighted by atomic mass is 9.81. The number of carbonyl (C=O) groups excluding carboxylic acids is 1. The van der Waals surface area contributed by atoms with Gasteiger partial charge in [-0.05, 0) is 42.9 Å². The third-order valence-electron chi connectivity index (χ3n) is 4.37. The number of hydrogen-bond acceptors (Lipinski definition) is 2. The molecule has 0 aromatic heterocycles. The van der Waals surface area contributed by atoms with Gasteiger partial charge in [0, 0.05) is 11.6 Å². The van der Waals surface area contributed by atoms with E-state index in [0.29, 0.717) is 17.5 Å². The fraction of sp³-hybridized carbons (Fsp3) is 0.316. The number of rotatable bonds is 4. The Morgan fingerprint density at radius 1 is 0.909 bits per heavy atom. The monoisotopic (exact) mass is 294 g/mol.